The predicted octanol–water partition coefficient (Wildman–Crippen LogP) is 4.77. The molecule has 0 aliphatic carbocycles. The fraction of sp³-hybridized carbons (Fsp3) is 0.100. The molecule has 0 fully saturated rings. The predicted molar refractivity (Wildman–Crippen MR) is 96.6 cm³/mol. The Morgan fingerprint density at radius 2 is 1.67 bits per heavy atom. The lowest BCUT2D eigenvalue weighted by Crippen LogP contribution is -2.22. The van der Waals surface area contributed by atoms with Crippen LogP contribution in [0.25, 0.3) is 0 Å². The van der Waals surface area contributed by atoms with E-state index >= 15 is 0 Å². The van der Waals surface area contributed by atoms with Crippen LogP contribution in [0.2, 0.25) is 0 Å². The van der Waals surface area contributed by atoms with Crippen molar-refractivity contribution >= 4 is 17.4 Å². The second-order valence-corrected chi connectivity index (χ2v) is 5.77. The molecule has 0 saturated carbocycles. The molecule has 2 N–H and O–H groups in total. The van der Waals surface area contributed by atoms with Gasteiger partial charge in [-0.15, -0.1) is 0 Å². The van der Waals surface area contributed by atoms with Gasteiger partial charge < -0.3 is 10.6 Å². The first-order valence-electron chi connectivity index (χ1n) is 8.15. The van der Waals surface area contributed by atoms with Crippen molar-refractivity contribution in [2.75, 3.05) is 5.32 Å². The number of halogens is 3. The first kappa shape index (κ1) is 18.4. The number of nitrogens with zero attached hydrogens (tertiary/aromatic N) is 1. The van der Waals surface area contributed by atoms with Gasteiger partial charge in [0.05, 0.1) is 11.3 Å². The molecule has 27 heavy (non-hydrogen) atoms. The molecule has 0 radical (unpaired) electrons. The zero-order valence-electron chi connectivity index (χ0n) is 14.1. The van der Waals surface area contributed by atoms with Gasteiger partial charge in [0.15, 0.2) is 0 Å². The fourth-order valence-electron chi connectivity index (χ4n) is 2.50. The van der Waals surface area contributed by atoms with Crippen LogP contribution < -0.4 is 10.6 Å². The van der Waals surface area contributed by atoms with Crippen LogP contribution in [0.3, 0.4) is 0 Å². The second kappa shape index (κ2) is 7.90. The summed E-state index contributed by atoms with van der Waals surface area (Å²) in [7, 11) is 0. The van der Waals surface area contributed by atoms with Gasteiger partial charge in [0, 0.05) is 18.3 Å². The number of pyridine rings is 1. The Bertz CT molecular complexity index is 927. The molecule has 3 rings (SSSR count). The Morgan fingerprint density at radius 1 is 0.963 bits per heavy atom. The number of alkyl halides is 3. The van der Waals surface area contributed by atoms with Crippen LogP contribution in [0.5, 0.6) is 0 Å². The lowest BCUT2D eigenvalue weighted by Gasteiger charge is -2.14. The van der Waals surface area contributed by atoms with Crippen molar-refractivity contribution in [3.8, 4) is 0 Å². The van der Waals surface area contributed by atoms with E-state index in [9.17, 15) is 18.0 Å². The van der Waals surface area contributed by atoms with Crippen LogP contribution in [-0.2, 0) is 12.7 Å². The van der Waals surface area contributed by atoms with Crippen molar-refractivity contribution < 1.29 is 18.0 Å². The summed E-state index contributed by atoms with van der Waals surface area (Å²) in [6, 6.07) is 17.4. The summed E-state index contributed by atoms with van der Waals surface area (Å²) in [5.41, 5.74) is 0.315. The fourth-order valence-corrected chi connectivity index (χ4v) is 2.50. The molecule has 0 bridgehead atoms. The highest BCUT2D eigenvalue weighted by Crippen LogP contribution is 2.35. The molecule has 138 valence electrons. The van der Waals surface area contributed by atoms with Gasteiger partial charge in [-0.1, -0.05) is 42.5 Å². The number of hydrogen-bond acceptors (Lipinski definition) is 3. The third-order valence-corrected chi connectivity index (χ3v) is 3.81. The first-order valence-corrected chi connectivity index (χ1v) is 8.15. The number of para-hydroxylation sites is 1. The molecule has 1 amide bonds. The normalized spacial score (nSPS) is 11.1. The average Bonchev–Trinajstić information content (AvgIpc) is 2.67. The van der Waals surface area contributed by atoms with Gasteiger partial charge in [-0.05, 0) is 29.8 Å². The number of amides is 1. The standard InChI is InChI=1S/C20H16F3N3O/c21-20(22,23)16-8-4-5-9-17(16)26-18-12-15(10-11-24-18)19(27)25-13-14-6-2-1-3-7-14/h1-12H,13H2,(H,24,26)(H,25,27). The van der Waals surface area contributed by atoms with Crippen LogP contribution >= 0.6 is 0 Å². The maximum absolute atomic E-state index is 13.1. The number of rotatable bonds is 5. The lowest BCUT2D eigenvalue weighted by molar-refractivity contribution is -0.136. The highest BCUT2D eigenvalue weighted by Gasteiger charge is 2.33. The maximum Gasteiger partial charge on any atom is 0.418 e. The van der Waals surface area contributed by atoms with E-state index in [2.05, 4.69) is 15.6 Å². The molecule has 0 spiro atoms. The van der Waals surface area contributed by atoms with Gasteiger partial charge in [0.2, 0.25) is 0 Å². The summed E-state index contributed by atoms with van der Waals surface area (Å²) in [5.74, 6) is -0.188. The summed E-state index contributed by atoms with van der Waals surface area (Å²) in [5, 5.41) is 5.40. The van der Waals surface area contributed by atoms with Crippen LogP contribution in [0.15, 0.2) is 72.9 Å². The topological polar surface area (TPSA) is 54.0 Å². The second-order valence-electron chi connectivity index (χ2n) is 5.77. The van der Waals surface area contributed by atoms with Gasteiger partial charge in [0.1, 0.15) is 5.82 Å². The smallest absolute Gasteiger partial charge is 0.348 e. The molecule has 0 saturated heterocycles. The Balaban J connectivity index is 1.74. The van der Waals surface area contributed by atoms with Crippen LogP contribution in [0, 0.1) is 0 Å². The van der Waals surface area contributed by atoms with E-state index in [1.165, 1.54) is 36.5 Å². The number of carbonyl (C=O) groups is 1. The summed E-state index contributed by atoms with van der Waals surface area (Å²) in [4.78, 5) is 16.3. The Hall–Kier alpha value is -3.35. The Kier molecular flexibility index (Phi) is 5.40. The van der Waals surface area contributed by atoms with Gasteiger partial charge in [-0.2, -0.15) is 13.2 Å². The van der Waals surface area contributed by atoms with Gasteiger partial charge in [-0.3, -0.25) is 4.79 Å². The third kappa shape index (κ3) is 4.84. The average molecular weight is 371 g/mol. The van der Waals surface area contributed by atoms with Crippen molar-refractivity contribution in [1.82, 2.24) is 10.3 Å². The largest absolute Gasteiger partial charge is 0.418 e. The van der Waals surface area contributed by atoms with E-state index in [4.69, 9.17) is 0 Å². The molecule has 1 aromatic heterocycles. The van der Waals surface area contributed by atoms with E-state index in [1.54, 1.807) is 0 Å². The number of hydrogen-bond donors (Lipinski definition) is 2. The zero-order valence-corrected chi connectivity index (χ0v) is 14.1. The van der Waals surface area contributed by atoms with Crippen molar-refractivity contribution in [2.45, 2.75) is 12.7 Å². The highest BCUT2D eigenvalue weighted by atomic mass is 19.4. The van der Waals surface area contributed by atoms with Gasteiger partial charge >= 0.3 is 6.18 Å². The SMILES string of the molecule is O=C(NCc1ccccc1)c1ccnc(Nc2ccccc2C(F)(F)F)c1. The Labute approximate surface area is 154 Å². The van der Waals surface area contributed by atoms with Crippen molar-refractivity contribution in [3.63, 3.8) is 0 Å². The van der Waals surface area contributed by atoms with Crippen LogP contribution in [0.1, 0.15) is 21.5 Å². The first-order chi connectivity index (χ1) is 12.9. The minimum Gasteiger partial charge on any atom is -0.348 e. The molecule has 7 heteroatoms. The molecule has 2 aromatic carbocycles. The van der Waals surface area contributed by atoms with E-state index in [0.717, 1.165) is 11.6 Å². The molecule has 0 unspecified atom stereocenters. The minimum atomic E-state index is -4.49. The number of aromatic nitrogens is 1. The van der Waals surface area contributed by atoms with Crippen molar-refractivity contribution in [3.05, 3.63) is 89.6 Å². The number of nitrogens with one attached hydrogen (secondary N) is 2. The summed E-state index contributed by atoms with van der Waals surface area (Å²) in [6.07, 6.45) is -3.12. The molecule has 0 aliphatic rings. The van der Waals surface area contributed by atoms with Crippen molar-refractivity contribution in [1.29, 1.82) is 0 Å². The Morgan fingerprint density at radius 3 is 2.41 bits per heavy atom. The van der Waals surface area contributed by atoms with E-state index in [-0.39, 0.29) is 17.4 Å². The lowest BCUT2D eigenvalue weighted by atomic mass is 10.1. The molecule has 0 atom stereocenters. The molecule has 1 heterocycles. The number of benzene rings is 2. The van der Waals surface area contributed by atoms with Crippen LogP contribution in [-0.4, -0.2) is 10.9 Å². The molecule has 3 aromatic rings. The zero-order chi connectivity index (χ0) is 19.3. The van der Waals surface area contributed by atoms with Crippen molar-refractivity contribution in [2.24, 2.45) is 0 Å². The summed E-state index contributed by atoms with van der Waals surface area (Å²) < 4.78 is 39.3. The molecular weight excluding hydrogens is 355 g/mol. The molecule has 0 aliphatic heterocycles. The highest BCUT2D eigenvalue weighted by molar-refractivity contribution is 5.94. The van der Waals surface area contributed by atoms with E-state index in [1.807, 2.05) is 30.3 Å². The van der Waals surface area contributed by atoms with E-state index in [0.29, 0.717) is 12.1 Å². The molecule has 4 nitrogen and oxygen atoms in total. The molecular formula is C20H16F3N3O. The quantitative estimate of drug-likeness (QED) is 0.679. The van der Waals surface area contributed by atoms with E-state index < -0.39 is 11.7 Å². The van der Waals surface area contributed by atoms with Gasteiger partial charge in [0.25, 0.3) is 5.91 Å². The third-order valence-electron chi connectivity index (χ3n) is 3.81. The van der Waals surface area contributed by atoms with Gasteiger partial charge in [-0.25, -0.2) is 4.98 Å². The minimum absolute atomic E-state index is 0.126. The van der Waals surface area contributed by atoms with Crippen LogP contribution in [0.4, 0.5) is 24.7 Å². The number of carbonyl (C=O) groups excluding carboxylic acids is 1. The monoisotopic (exact) mass is 371 g/mol. The maximum atomic E-state index is 13.1. The summed E-state index contributed by atoms with van der Waals surface area (Å²) >= 11 is 0. The summed E-state index contributed by atoms with van der Waals surface area (Å²) in [6.45, 7) is 0.349. The number of anilines is 2.